The summed E-state index contributed by atoms with van der Waals surface area (Å²) in [5.41, 5.74) is 1.36. The number of aryl methyl sites for hydroxylation is 2. The van der Waals surface area contributed by atoms with E-state index >= 15 is 0 Å². The Morgan fingerprint density at radius 1 is 1.38 bits per heavy atom. The molecule has 4 heteroatoms. The van der Waals surface area contributed by atoms with Crippen molar-refractivity contribution in [3.63, 3.8) is 0 Å². The lowest BCUT2D eigenvalue weighted by atomic mass is 10.1. The van der Waals surface area contributed by atoms with Crippen LogP contribution in [0.15, 0.2) is 18.2 Å². The molecule has 0 saturated heterocycles. The first kappa shape index (κ1) is 12.5. The number of nitrogens with one attached hydrogen (secondary N) is 1. The summed E-state index contributed by atoms with van der Waals surface area (Å²) in [7, 11) is 0. The number of benzene rings is 1. The standard InChI is InChI=1S/C12H17NO3/c1-8-4-5-10(6-9(8)2)13-7-12(3,16)11(14)15/h4-6,13,16H,7H2,1-3H3,(H,14,15). The van der Waals surface area contributed by atoms with Crippen molar-refractivity contribution in [3.8, 4) is 0 Å². The highest BCUT2D eigenvalue weighted by atomic mass is 16.4. The zero-order valence-electron chi connectivity index (χ0n) is 9.74. The van der Waals surface area contributed by atoms with Crippen LogP contribution in [0.2, 0.25) is 0 Å². The average Bonchev–Trinajstić information content (AvgIpc) is 2.20. The summed E-state index contributed by atoms with van der Waals surface area (Å²) in [4.78, 5) is 10.7. The van der Waals surface area contributed by atoms with Gasteiger partial charge in [-0.05, 0) is 44.0 Å². The molecular weight excluding hydrogens is 206 g/mol. The molecule has 0 spiro atoms. The highest BCUT2D eigenvalue weighted by Gasteiger charge is 2.29. The fourth-order valence-electron chi connectivity index (χ4n) is 1.20. The van der Waals surface area contributed by atoms with E-state index in [1.165, 1.54) is 12.5 Å². The monoisotopic (exact) mass is 223 g/mol. The van der Waals surface area contributed by atoms with E-state index in [1.54, 1.807) is 0 Å². The van der Waals surface area contributed by atoms with Gasteiger partial charge in [-0.3, -0.25) is 0 Å². The minimum Gasteiger partial charge on any atom is -0.479 e. The van der Waals surface area contributed by atoms with Gasteiger partial charge < -0.3 is 15.5 Å². The van der Waals surface area contributed by atoms with Crippen molar-refractivity contribution in [2.24, 2.45) is 0 Å². The summed E-state index contributed by atoms with van der Waals surface area (Å²) in [5, 5.41) is 21.1. The second kappa shape index (κ2) is 4.53. The van der Waals surface area contributed by atoms with Gasteiger partial charge in [-0.2, -0.15) is 0 Å². The van der Waals surface area contributed by atoms with Crippen LogP contribution < -0.4 is 5.32 Å². The minimum absolute atomic E-state index is 0.0230. The minimum atomic E-state index is -1.75. The number of hydrogen-bond donors (Lipinski definition) is 3. The van der Waals surface area contributed by atoms with Crippen LogP contribution in [0.5, 0.6) is 0 Å². The Bertz CT molecular complexity index is 399. The second-order valence-corrected chi connectivity index (χ2v) is 4.23. The predicted octanol–water partition coefficient (Wildman–Crippen LogP) is 1.55. The van der Waals surface area contributed by atoms with Gasteiger partial charge in [-0.15, -0.1) is 0 Å². The summed E-state index contributed by atoms with van der Waals surface area (Å²) >= 11 is 0. The molecule has 0 aliphatic heterocycles. The van der Waals surface area contributed by atoms with E-state index in [9.17, 15) is 9.90 Å². The molecular formula is C12H17NO3. The van der Waals surface area contributed by atoms with Crippen molar-refractivity contribution in [2.45, 2.75) is 26.4 Å². The van der Waals surface area contributed by atoms with Crippen LogP contribution in [-0.4, -0.2) is 28.3 Å². The molecule has 0 amide bonds. The van der Waals surface area contributed by atoms with E-state index in [-0.39, 0.29) is 6.54 Å². The molecule has 0 aliphatic carbocycles. The van der Waals surface area contributed by atoms with Crippen LogP contribution in [0.1, 0.15) is 18.1 Å². The van der Waals surface area contributed by atoms with Gasteiger partial charge in [0.2, 0.25) is 0 Å². The summed E-state index contributed by atoms with van der Waals surface area (Å²) in [6, 6.07) is 5.74. The first-order valence-corrected chi connectivity index (χ1v) is 5.10. The first-order chi connectivity index (χ1) is 7.33. The summed E-state index contributed by atoms with van der Waals surface area (Å²) in [5.74, 6) is -1.23. The fourth-order valence-corrected chi connectivity index (χ4v) is 1.20. The molecule has 1 atom stereocenters. The molecule has 1 aromatic rings. The highest BCUT2D eigenvalue weighted by molar-refractivity contribution is 5.77. The molecule has 3 N–H and O–H groups in total. The molecule has 0 radical (unpaired) electrons. The van der Waals surface area contributed by atoms with E-state index in [0.29, 0.717) is 0 Å². The Morgan fingerprint density at radius 3 is 2.50 bits per heavy atom. The molecule has 4 nitrogen and oxygen atoms in total. The van der Waals surface area contributed by atoms with E-state index in [1.807, 2.05) is 32.0 Å². The van der Waals surface area contributed by atoms with Crippen LogP contribution in [0.25, 0.3) is 0 Å². The number of rotatable bonds is 4. The van der Waals surface area contributed by atoms with Gasteiger partial charge in [-0.1, -0.05) is 6.07 Å². The van der Waals surface area contributed by atoms with Crippen LogP contribution in [-0.2, 0) is 4.79 Å². The maximum Gasteiger partial charge on any atom is 0.337 e. The highest BCUT2D eigenvalue weighted by Crippen LogP contribution is 2.15. The lowest BCUT2D eigenvalue weighted by Gasteiger charge is -2.19. The Kier molecular flexibility index (Phi) is 3.55. The predicted molar refractivity (Wildman–Crippen MR) is 62.7 cm³/mol. The van der Waals surface area contributed by atoms with Gasteiger partial charge in [0.25, 0.3) is 0 Å². The summed E-state index contributed by atoms with van der Waals surface area (Å²) < 4.78 is 0. The van der Waals surface area contributed by atoms with Crippen LogP contribution in [0, 0.1) is 13.8 Å². The average molecular weight is 223 g/mol. The van der Waals surface area contributed by atoms with E-state index < -0.39 is 11.6 Å². The third-order valence-corrected chi connectivity index (χ3v) is 2.60. The Morgan fingerprint density at radius 2 is 2.00 bits per heavy atom. The van der Waals surface area contributed by atoms with Crippen LogP contribution >= 0.6 is 0 Å². The lowest BCUT2D eigenvalue weighted by molar-refractivity contribution is -0.155. The zero-order chi connectivity index (χ0) is 12.3. The quantitative estimate of drug-likeness (QED) is 0.724. The van der Waals surface area contributed by atoms with Crippen molar-refractivity contribution in [2.75, 3.05) is 11.9 Å². The zero-order valence-corrected chi connectivity index (χ0v) is 9.74. The van der Waals surface area contributed by atoms with Crippen molar-refractivity contribution in [1.29, 1.82) is 0 Å². The molecule has 16 heavy (non-hydrogen) atoms. The number of carbonyl (C=O) groups is 1. The van der Waals surface area contributed by atoms with Crippen molar-refractivity contribution < 1.29 is 15.0 Å². The van der Waals surface area contributed by atoms with Gasteiger partial charge in [-0.25, -0.2) is 4.79 Å². The Hall–Kier alpha value is -1.55. The number of carboxylic acids is 1. The Labute approximate surface area is 94.9 Å². The molecule has 0 saturated carbocycles. The second-order valence-electron chi connectivity index (χ2n) is 4.23. The van der Waals surface area contributed by atoms with Crippen molar-refractivity contribution >= 4 is 11.7 Å². The molecule has 88 valence electrons. The van der Waals surface area contributed by atoms with Gasteiger partial charge in [0.05, 0.1) is 6.54 Å². The lowest BCUT2D eigenvalue weighted by Crippen LogP contribution is -2.41. The topological polar surface area (TPSA) is 69.6 Å². The number of anilines is 1. The van der Waals surface area contributed by atoms with Crippen LogP contribution in [0.4, 0.5) is 5.69 Å². The van der Waals surface area contributed by atoms with Gasteiger partial charge in [0, 0.05) is 5.69 Å². The normalized spacial score (nSPS) is 14.2. The van der Waals surface area contributed by atoms with Gasteiger partial charge in [0.15, 0.2) is 5.60 Å². The molecule has 0 heterocycles. The van der Waals surface area contributed by atoms with E-state index in [2.05, 4.69) is 5.32 Å². The number of carboxylic acid groups (broad SMARTS) is 1. The van der Waals surface area contributed by atoms with Crippen LogP contribution in [0.3, 0.4) is 0 Å². The first-order valence-electron chi connectivity index (χ1n) is 5.10. The summed E-state index contributed by atoms with van der Waals surface area (Å²) in [6.45, 7) is 5.23. The third-order valence-electron chi connectivity index (χ3n) is 2.60. The molecule has 0 aromatic heterocycles. The molecule has 0 aliphatic rings. The SMILES string of the molecule is Cc1ccc(NCC(C)(O)C(=O)O)cc1C. The van der Waals surface area contributed by atoms with Crippen molar-refractivity contribution in [1.82, 2.24) is 0 Å². The third kappa shape index (κ3) is 2.97. The maximum atomic E-state index is 10.7. The summed E-state index contributed by atoms with van der Waals surface area (Å²) in [6.07, 6.45) is 0. The largest absolute Gasteiger partial charge is 0.479 e. The van der Waals surface area contributed by atoms with Gasteiger partial charge in [0.1, 0.15) is 0 Å². The molecule has 1 unspecified atom stereocenters. The molecule has 0 fully saturated rings. The molecule has 1 aromatic carbocycles. The molecule has 0 bridgehead atoms. The maximum absolute atomic E-state index is 10.7. The van der Waals surface area contributed by atoms with Gasteiger partial charge >= 0.3 is 5.97 Å². The van der Waals surface area contributed by atoms with E-state index in [4.69, 9.17) is 5.11 Å². The smallest absolute Gasteiger partial charge is 0.337 e. The number of aliphatic carboxylic acids is 1. The fraction of sp³-hybridized carbons (Fsp3) is 0.417. The number of aliphatic hydroxyl groups is 1. The van der Waals surface area contributed by atoms with Crippen molar-refractivity contribution in [3.05, 3.63) is 29.3 Å². The number of hydrogen-bond acceptors (Lipinski definition) is 3. The Balaban J connectivity index is 2.68. The van der Waals surface area contributed by atoms with E-state index in [0.717, 1.165) is 11.3 Å². The molecule has 1 rings (SSSR count).